The van der Waals surface area contributed by atoms with E-state index in [2.05, 4.69) is 177 Å². The minimum absolute atomic E-state index is 0.0242. The van der Waals surface area contributed by atoms with Crippen LogP contribution in [0.25, 0.3) is 0 Å². The molecule has 0 bridgehead atoms. The van der Waals surface area contributed by atoms with Crippen LogP contribution in [-0.4, -0.2) is 68.5 Å². The maximum absolute atomic E-state index is 13.0. The maximum atomic E-state index is 13.0. The Balaban J connectivity index is 4.31. The van der Waals surface area contributed by atoms with Crippen molar-refractivity contribution in [2.75, 3.05) is 40.9 Å². The number of phosphoric ester groups is 1. The fourth-order valence-electron chi connectivity index (χ4n) is 8.38. The third kappa shape index (κ3) is 63.4. The van der Waals surface area contributed by atoms with Gasteiger partial charge in [-0.2, -0.15) is 0 Å². The van der Waals surface area contributed by atoms with E-state index >= 15 is 0 Å². The summed E-state index contributed by atoms with van der Waals surface area (Å²) in [6.45, 7) is 4.47. The van der Waals surface area contributed by atoms with Crippen LogP contribution in [0.1, 0.15) is 232 Å². The second kappa shape index (κ2) is 61.4. The lowest BCUT2D eigenvalue weighted by Gasteiger charge is -2.29. The van der Waals surface area contributed by atoms with Crippen molar-refractivity contribution < 1.29 is 32.9 Å². The van der Waals surface area contributed by atoms with Gasteiger partial charge in [-0.3, -0.25) is 9.36 Å². The Morgan fingerprint density at radius 1 is 0.439 bits per heavy atom. The lowest BCUT2D eigenvalue weighted by atomic mass is 10.0. The largest absolute Gasteiger partial charge is 0.756 e. The Morgan fingerprint density at radius 3 is 1.13 bits per heavy atom. The molecule has 0 aromatic carbocycles. The molecule has 0 heterocycles. The Labute approximate surface area is 504 Å². The standard InChI is InChI=1S/C73H121N2O6P/c1-6-8-10-12-14-16-18-20-22-24-26-28-29-30-31-32-33-34-35-36-37-38-39-40-41-42-43-44-45-47-49-51-53-55-57-59-61-63-65-67-73(77)74-71(70-81-82(78,79)80-69-68-75(3,4)5)72(76)66-64-62-60-58-56-54-52-50-48-46-27-25-23-21-19-17-15-13-11-9-7-2/h8,10,14,16,20,22,26,28,30-31,33-34,36-37,39-40,42-43,45,47,51,53,56-59,64,66,71-72,76H,6-7,9,11-13,15,17-19,21,23-25,27,29,32,35,38,41,44,46,48-50,52,54-55,60-63,65,67-70H2,1-5H3,(H-,74,77,78,79)/b10-8-,16-14-,22-20-,28-26-,31-30-,34-33-,37-36-,40-39-,43-42-,47-45-,53-51-,58-56+,59-57-,66-64+. The van der Waals surface area contributed by atoms with Crippen LogP contribution in [0.5, 0.6) is 0 Å². The van der Waals surface area contributed by atoms with Crippen molar-refractivity contribution in [3.63, 3.8) is 0 Å². The van der Waals surface area contributed by atoms with Gasteiger partial charge in [0.05, 0.1) is 39.9 Å². The monoisotopic (exact) mass is 1150 g/mol. The molecule has 0 aromatic heterocycles. The fraction of sp³-hybridized carbons (Fsp3) is 0.603. The van der Waals surface area contributed by atoms with Crippen molar-refractivity contribution in [3.8, 4) is 0 Å². The summed E-state index contributed by atoms with van der Waals surface area (Å²) in [5.41, 5.74) is 0. The Bertz CT molecular complexity index is 1940. The second-order valence-corrected chi connectivity index (χ2v) is 23.8. The van der Waals surface area contributed by atoms with Gasteiger partial charge in [0, 0.05) is 6.42 Å². The van der Waals surface area contributed by atoms with Crippen LogP contribution in [-0.2, 0) is 18.4 Å². The predicted molar refractivity (Wildman–Crippen MR) is 357 cm³/mol. The zero-order chi connectivity index (χ0) is 59.8. The average Bonchev–Trinajstić information content (AvgIpc) is 3.46. The molecule has 82 heavy (non-hydrogen) atoms. The molecule has 1 amide bonds. The van der Waals surface area contributed by atoms with Crippen molar-refractivity contribution in [2.45, 2.75) is 244 Å². The quantitative estimate of drug-likeness (QED) is 0.0272. The van der Waals surface area contributed by atoms with Gasteiger partial charge in [-0.1, -0.05) is 274 Å². The first kappa shape index (κ1) is 77.9. The van der Waals surface area contributed by atoms with Crippen LogP contribution in [0.15, 0.2) is 170 Å². The molecular weight excluding hydrogens is 1030 g/mol. The maximum Gasteiger partial charge on any atom is 0.268 e. The smallest absolute Gasteiger partial charge is 0.268 e. The third-order valence-corrected chi connectivity index (χ3v) is 14.4. The number of rotatable bonds is 57. The number of nitrogens with one attached hydrogen (secondary N) is 1. The number of aliphatic hydroxyl groups excluding tert-OH is 1. The third-order valence-electron chi connectivity index (χ3n) is 13.4. The van der Waals surface area contributed by atoms with Gasteiger partial charge in [-0.05, 0) is 122 Å². The average molecular weight is 1150 g/mol. The molecule has 2 N–H and O–H groups in total. The van der Waals surface area contributed by atoms with E-state index in [4.69, 9.17) is 9.05 Å². The van der Waals surface area contributed by atoms with E-state index in [-0.39, 0.29) is 18.9 Å². The van der Waals surface area contributed by atoms with Crippen molar-refractivity contribution in [3.05, 3.63) is 170 Å². The number of nitrogens with zero attached hydrogens (tertiary/aromatic N) is 1. The minimum atomic E-state index is -4.63. The molecule has 8 nitrogen and oxygen atoms in total. The van der Waals surface area contributed by atoms with E-state index in [1.807, 2.05) is 27.2 Å². The predicted octanol–water partition coefficient (Wildman–Crippen LogP) is 20.1. The van der Waals surface area contributed by atoms with Crippen LogP contribution >= 0.6 is 7.82 Å². The Kier molecular flexibility index (Phi) is 58.3. The number of hydrogen-bond donors (Lipinski definition) is 2. The summed E-state index contributed by atoms with van der Waals surface area (Å²) >= 11 is 0. The van der Waals surface area contributed by atoms with Gasteiger partial charge in [-0.25, -0.2) is 0 Å². The van der Waals surface area contributed by atoms with Crippen LogP contribution in [0.4, 0.5) is 0 Å². The van der Waals surface area contributed by atoms with Gasteiger partial charge >= 0.3 is 0 Å². The first-order chi connectivity index (χ1) is 40.0. The van der Waals surface area contributed by atoms with E-state index in [1.54, 1.807) is 6.08 Å². The molecule has 0 saturated carbocycles. The van der Waals surface area contributed by atoms with E-state index in [1.165, 1.54) is 96.3 Å². The molecule has 0 aromatic rings. The van der Waals surface area contributed by atoms with Gasteiger partial charge < -0.3 is 28.8 Å². The highest BCUT2D eigenvalue weighted by Crippen LogP contribution is 2.38. The highest BCUT2D eigenvalue weighted by atomic mass is 31.2. The topological polar surface area (TPSA) is 108 Å². The Hall–Kier alpha value is -4.14. The zero-order valence-electron chi connectivity index (χ0n) is 52.9. The van der Waals surface area contributed by atoms with Crippen LogP contribution in [0.3, 0.4) is 0 Å². The number of carbonyl (C=O) groups is 1. The summed E-state index contributed by atoms with van der Waals surface area (Å²) in [7, 11) is 1.19. The number of likely N-dealkylation sites (N-methyl/N-ethyl adjacent to an activating group) is 1. The molecule has 0 saturated heterocycles. The lowest BCUT2D eigenvalue weighted by molar-refractivity contribution is -0.870. The highest BCUT2D eigenvalue weighted by Gasteiger charge is 2.23. The van der Waals surface area contributed by atoms with Crippen LogP contribution in [0, 0.1) is 0 Å². The number of hydrogen-bond acceptors (Lipinski definition) is 6. The molecular formula is C73H121N2O6P. The summed E-state index contributed by atoms with van der Waals surface area (Å²) in [4.78, 5) is 25.5. The van der Waals surface area contributed by atoms with Crippen LogP contribution in [0.2, 0.25) is 0 Å². The first-order valence-corrected chi connectivity index (χ1v) is 34.0. The molecule has 0 spiro atoms. The van der Waals surface area contributed by atoms with Gasteiger partial charge in [0.2, 0.25) is 5.91 Å². The summed E-state index contributed by atoms with van der Waals surface area (Å²) in [5, 5.41) is 13.9. The van der Waals surface area contributed by atoms with Crippen LogP contribution < -0.4 is 10.2 Å². The number of aliphatic hydroxyl groups is 1. The van der Waals surface area contributed by atoms with Gasteiger partial charge in [-0.15, -0.1) is 0 Å². The first-order valence-electron chi connectivity index (χ1n) is 32.5. The molecule has 0 radical (unpaired) electrons. The van der Waals surface area contributed by atoms with Crippen molar-refractivity contribution in [1.82, 2.24) is 5.32 Å². The number of phosphoric acid groups is 1. The number of carbonyl (C=O) groups excluding carboxylic acids is 1. The van der Waals surface area contributed by atoms with E-state index < -0.39 is 26.6 Å². The van der Waals surface area contributed by atoms with Crippen molar-refractivity contribution in [1.29, 1.82) is 0 Å². The number of allylic oxidation sites excluding steroid dienone is 27. The molecule has 0 aliphatic heterocycles. The SMILES string of the molecule is CC/C=C\C/C=C\C/C=C\C/C=C\C/C=C\C/C=C\C/C=C\C/C=C\C/C=C\C/C=C\C/C=C\C/C=C\CCCCC(=O)NC(COP(=O)([O-])OCC[N+](C)(C)C)C(O)/C=C/CC/C=C/CCCCCCCCCCCCCCCCC. The van der Waals surface area contributed by atoms with E-state index in [0.717, 1.165) is 109 Å². The summed E-state index contributed by atoms with van der Waals surface area (Å²) in [6.07, 6.45) is 97.4. The summed E-state index contributed by atoms with van der Waals surface area (Å²) in [6, 6.07) is -0.941. The number of amides is 1. The van der Waals surface area contributed by atoms with Gasteiger partial charge in [0.1, 0.15) is 13.2 Å². The number of quaternary nitrogens is 1. The van der Waals surface area contributed by atoms with Crippen molar-refractivity contribution >= 4 is 13.7 Å². The molecule has 3 unspecified atom stereocenters. The van der Waals surface area contributed by atoms with E-state index in [9.17, 15) is 19.4 Å². The zero-order valence-corrected chi connectivity index (χ0v) is 53.8. The molecule has 0 rings (SSSR count). The Morgan fingerprint density at radius 2 is 0.756 bits per heavy atom. The number of unbranched alkanes of at least 4 members (excludes halogenated alkanes) is 18. The molecule has 0 fully saturated rings. The molecule has 3 atom stereocenters. The normalized spacial score (nSPS) is 14.9. The van der Waals surface area contributed by atoms with Gasteiger partial charge in [0.25, 0.3) is 7.82 Å². The molecule has 0 aliphatic carbocycles. The molecule has 464 valence electrons. The second-order valence-electron chi connectivity index (χ2n) is 22.4. The summed E-state index contributed by atoms with van der Waals surface area (Å²) in [5.74, 6) is -0.255. The summed E-state index contributed by atoms with van der Waals surface area (Å²) < 4.78 is 23.3. The van der Waals surface area contributed by atoms with E-state index in [0.29, 0.717) is 17.4 Å². The highest BCUT2D eigenvalue weighted by molar-refractivity contribution is 7.45. The molecule has 0 aliphatic rings. The molecule has 9 heteroatoms. The van der Waals surface area contributed by atoms with Gasteiger partial charge in [0.15, 0.2) is 0 Å². The fourth-order valence-corrected chi connectivity index (χ4v) is 9.11. The van der Waals surface area contributed by atoms with Crippen molar-refractivity contribution in [2.24, 2.45) is 0 Å². The lowest BCUT2D eigenvalue weighted by Crippen LogP contribution is -2.45. The minimum Gasteiger partial charge on any atom is -0.756 e.